The largest absolute Gasteiger partial charge is 0.284 e. The number of para-hydroxylation sites is 1. The van der Waals surface area contributed by atoms with Gasteiger partial charge in [0.05, 0.1) is 27.1 Å². The molecule has 0 saturated heterocycles. The number of aromatic nitrogens is 3. The smallest absolute Gasteiger partial charge is 0.274 e. The minimum Gasteiger partial charge on any atom is -0.274 e. The molecule has 0 spiro atoms. The fourth-order valence-corrected chi connectivity index (χ4v) is 3.39. The van der Waals surface area contributed by atoms with Gasteiger partial charge in [-0.05, 0) is 49.4 Å². The summed E-state index contributed by atoms with van der Waals surface area (Å²) in [5.74, 6) is 0.688. The Hall–Kier alpha value is -3.18. The second kappa shape index (κ2) is 6.75. The summed E-state index contributed by atoms with van der Waals surface area (Å²) in [5.41, 5.74) is 2.08. The molecule has 25 heavy (non-hydrogen) atoms. The third-order valence-electron chi connectivity index (χ3n) is 3.64. The maximum Gasteiger partial charge on any atom is 0.284 e. The van der Waals surface area contributed by atoms with Crippen molar-refractivity contribution in [1.29, 1.82) is 5.26 Å². The van der Waals surface area contributed by atoms with Gasteiger partial charge in [-0.2, -0.15) is 5.26 Å². The highest BCUT2D eigenvalue weighted by Crippen LogP contribution is 2.36. The van der Waals surface area contributed by atoms with Crippen molar-refractivity contribution < 1.29 is 4.92 Å². The number of nitro benzene ring substituents is 1. The van der Waals surface area contributed by atoms with Gasteiger partial charge in [-0.1, -0.05) is 18.2 Å². The van der Waals surface area contributed by atoms with Crippen LogP contribution in [0.4, 0.5) is 5.69 Å². The number of hydrogen-bond acceptors (Lipinski definition) is 6. The highest BCUT2D eigenvalue weighted by atomic mass is 32.2. The molecule has 2 aromatic carbocycles. The fraction of sp³-hybridized carbons (Fsp3) is 0.118. The molecule has 0 radical (unpaired) electrons. The number of benzene rings is 2. The van der Waals surface area contributed by atoms with Crippen molar-refractivity contribution in [3.05, 3.63) is 69.5 Å². The van der Waals surface area contributed by atoms with Gasteiger partial charge in [-0.15, -0.1) is 10.2 Å². The van der Waals surface area contributed by atoms with Gasteiger partial charge in [-0.25, -0.2) is 0 Å². The van der Waals surface area contributed by atoms with E-state index in [0.717, 1.165) is 23.0 Å². The number of rotatable bonds is 4. The van der Waals surface area contributed by atoms with E-state index in [0.29, 0.717) is 15.9 Å². The Morgan fingerprint density at radius 2 is 1.96 bits per heavy atom. The van der Waals surface area contributed by atoms with E-state index in [1.54, 1.807) is 12.1 Å². The Morgan fingerprint density at radius 3 is 2.64 bits per heavy atom. The molecule has 0 N–H and O–H groups in total. The summed E-state index contributed by atoms with van der Waals surface area (Å²) in [5, 5.41) is 29.1. The Bertz CT molecular complexity index is 1010. The zero-order valence-electron chi connectivity index (χ0n) is 13.5. The lowest BCUT2D eigenvalue weighted by atomic mass is 10.2. The summed E-state index contributed by atoms with van der Waals surface area (Å²) in [6.45, 7) is 3.81. The third kappa shape index (κ3) is 3.22. The number of nitro groups is 1. The lowest BCUT2D eigenvalue weighted by Crippen LogP contribution is -2.01. The first-order valence-corrected chi connectivity index (χ1v) is 8.17. The number of aryl methyl sites for hydroxylation is 2. The Labute approximate surface area is 148 Å². The van der Waals surface area contributed by atoms with Gasteiger partial charge in [-0.3, -0.25) is 14.7 Å². The molecule has 8 heteroatoms. The van der Waals surface area contributed by atoms with Crippen LogP contribution >= 0.6 is 11.8 Å². The van der Waals surface area contributed by atoms with E-state index in [9.17, 15) is 10.1 Å². The summed E-state index contributed by atoms with van der Waals surface area (Å²) in [7, 11) is 0. The Kier molecular flexibility index (Phi) is 4.50. The van der Waals surface area contributed by atoms with Crippen LogP contribution in [0.15, 0.2) is 52.5 Å². The Balaban J connectivity index is 2.08. The summed E-state index contributed by atoms with van der Waals surface area (Å²) in [4.78, 5) is 11.2. The van der Waals surface area contributed by atoms with Crippen molar-refractivity contribution in [2.45, 2.75) is 23.9 Å². The summed E-state index contributed by atoms with van der Waals surface area (Å²) < 4.78 is 1.86. The molecular formula is C17H13N5O2S. The SMILES string of the molecule is Cc1ccccc1-n1c(C)nnc1Sc1ccc(C#N)cc1[N+](=O)[O-]. The van der Waals surface area contributed by atoms with Crippen molar-refractivity contribution in [3.8, 4) is 11.8 Å². The third-order valence-corrected chi connectivity index (χ3v) is 4.65. The number of nitriles is 1. The molecule has 0 saturated carbocycles. The first kappa shape index (κ1) is 16.7. The van der Waals surface area contributed by atoms with Crippen LogP contribution in [0.2, 0.25) is 0 Å². The molecule has 0 bridgehead atoms. The number of nitrogens with zero attached hydrogens (tertiary/aromatic N) is 5. The average molecular weight is 351 g/mol. The zero-order chi connectivity index (χ0) is 18.0. The maximum absolute atomic E-state index is 11.3. The monoisotopic (exact) mass is 351 g/mol. The summed E-state index contributed by atoms with van der Waals surface area (Å²) in [6.07, 6.45) is 0. The normalized spacial score (nSPS) is 10.4. The van der Waals surface area contributed by atoms with Gasteiger partial charge in [0, 0.05) is 6.07 Å². The molecule has 7 nitrogen and oxygen atoms in total. The molecule has 3 rings (SSSR count). The molecule has 0 fully saturated rings. The van der Waals surface area contributed by atoms with Crippen LogP contribution in [0.5, 0.6) is 0 Å². The number of hydrogen-bond donors (Lipinski definition) is 0. The van der Waals surface area contributed by atoms with Crippen molar-refractivity contribution >= 4 is 17.4 Å². The maximum atomic E-state index is 11.3. The van der Waals surface area contributed by atoms with E-state index < -0.39 is 4.92 Å². The van der Waals surface area contributed by atoms with Gasteiger partial charge in [0.25, 0.3) is 5.69 Å². The topological polar surface area (TPSA) is 97.6 Å². The van der Waals surface area contributed by atoms with Crippen molar-refractivity contribution in [3.63, 3.8) is 0 Å². The van der Waals surface area contributed by atoms with Gasteiger partial charge < -0.3 is 0 Å². The molecule has 1 aromatic heterocycles. The standard InChI is InChI=1S/C17H13N5O2S/c1-11-5-3-4-6-14(11)21-12(2)19-20-17(21)25-16-8-7-13(10-18)9-15(16)22(23)24/h3-9H,1-2H3. The second-order valence-corrected chi connectivity index (χ2v) is 6.31. The molecular weight excluding hydrogens is 338 g/mol. The lowest BCUT2D eigenvalue weighted by molar-refractivity contribution is -0.387. The van der Waals surface area contributed by atoms with E-state index >= 15 is 0 Å². The van der Waals surface area contributed by atoms with E-state index in [1.165, 1.54) is 6.07 Å². The quantitative estimate of drug-likeness (QED) is 0.523. The van der Waals surface area contributed by atoms with Crippen molar-refractivity contribution in [2.24, 2.45) is 0 Å². The lowest BCUT2D eigenvalue weighted by Gasteiger charge is -2.11. The molecule has 1 heterocycles. The zero-order valence-corrected chi connectivity index (χ0v) is 14.3. The van der Waals surface area contributed by atoms with Gasteiger partial charge in [0.2, 0.25) is 5.16 Å². The van der Waals surface area contributed by atoms with E-state index in [2.05, 4.69) is 10.2 Å². The van der Waals surface area contributed by atoms with E-state index in [-0.39, 0.29) is 11.3 Å². The van der Waals surface area contributed by atoms with Crippen LogP contribution in [0, 0.1) is 35.3 Å². The predicted molar refractivity (Wildman–Crippen MR) is 92.8 cm³/mol. The molecule has 0 aliphatic heterocycles. The molecule has 0 amide bonds. The highest BCUT2D eigenvalue weighted by Gasteiger charge is 2.20. The van der Waals surface area contributed by atoms with Crippen LogP contribution in [0.1, 0.15) is 17.0 Å². The second-order valence-electron chi connectivity index (χ2n) is 5.31. The van der Waals surface area contributed by atoms with E-state index in [1.807, 2.05) is 48.7 Å². The van der Waals surface area contributed by atoms with Crippen LogP contribution in [0.3, 0.4) is 0 Å². The van der Waals surface area contributed by atoms with Gasteiger partial charge in [0.15, 0.2) is 0 Å². The molecule has 124 valence electrons. The van der Waals surface area contributed by atoms with Crippen LogP contribution < -0.4 is 0 Å². The predicted octanol–water partition coefficient (Wildman–Crippen LogP) is 3.82. The molecule has 0 atom stereocenters. The minimum absolute atomic E-state index is 0.124. The molecule has 3 aromatic rings. The molecule has 0 aliphatic carbocycles. The average Bonchev–Trinajstić information content (AvgIpc) is 2.96. The Morgan fingerprint density at radius 1 is 1.20 bits per heavy atom. The van der Waals surface area contributed by atoms with Crippen LogP contribution in [0.25, 0.3) is 5.69 Å². The van der Waals surface area contributed by atoms with Crippen LogP contribution in [-0.2, 0) is 0 Å². The first-order chi connectivity index (χ1) is 12.0. The van der Waals surface area contributed by atoms with Gasteiger partial charge in [0.1, 0.15) is 5.82 Å². The van der Waals surface area contributed by atoms with Crippen LogP contribution in [-0.4, -0.2) is 19.7 Å². The molecule has 0 unspecified atom stereocenters. The van der Waals surface area contributed by atoms with E-state index in [4.69, 9.17) is 5.26 Å². The first-order valence-electron chi connectivity index (χ1n) is 7.35. The highest BCUT2D eigenvalue weighted by molar-refractivity contribution is 7.99. The van der Waals surface area contributed by atoms with Gasteiger partial charge >= 0.3 is 0 Å². The summed E-state index contributed by atoms with van der Waals surface area (Å²) in [6, 6.07) is 14.1. The summed E-state index contributed by atoms with van der Waals surface area (Å²) >= 11 is 1.15. The minimum atomic E-state index is -0.496. The van der Waals surface area contributed by atoms with Crippen molar-refractivity contribution in [1.82, 2.24) is 14.8 Å². The fourth-order valence-electron chi connectivity index (χ4n) is 2.41. The van der Waals surface area contributed by atoms with Crippen molar-refractivity contribution in [2.75, 3.05) is 0 Å². The molecule has 0 aliphatic rings.